The van der Waals surface area contributed by atoms with Gasteiger partial charge in [-0.2, -0.15) is 0 Å². The fraction of sp³-hybridized carbons (Fsp3) is 0.714. The number of hydrogen-bond donors (Lipinski definition) is 0. The van der Waals surface area contributed by atoms with E-state index in [9.17, 15) is 0 Å². The van der Waals surface area contributed by atoms with Gasteiger partial charge in [0.15, 0.2) is 0 Å². The zero-order valence-electron chi connectivity index (χ0n) is 5.94. The summed E-state index contributed by atoms with van der Waals surface area (Å²) in [5, 5.41) is 0. The highest BCUT2D eigenvalue weighted by molar-refractivity contribution is 8.02. The molecule has 0 unspecified atom stereocenters. The fourth-order valence-corrected chi connectivity index (χ4v) is 1.54. The molecule has 1 aliphatic rings. The van der Waals surface area contributed by atoms with Gasteiger partial charge in [-0.3, -0.25) is 0 Å². The van der Waals surface area contributed by atoms with Crippen molar-refractivity contribution >= 4 is 11.8 Å². The molecule has 52 valence electrons. The Labute approximate surface area is 60.5 Å². The van der Waals surface area contributed by atoms with Crippen molar-refractivity contribution < 1.29 is 4.74 Å². The van der Waals surface area contributed by atoms with Crippen LogP contribution in [0.1, 0.15) is 13.3 Å². The van der Waals surface area contributed by atoms with E-state index in [2.05, 4.69) is 13.2 Å². The van der Waals surface area contributed by atoms with Crippen molar-refractivity contribution in [1.29, 1.82) is 0 Å². The molecular weight excluding hydrogens is 132 g/mol. The highest BCUT2D eigenvalue weighted by Crippen LogP contribution is 2.22. The lowest BCUT2D eigenvalue weighted by atomic mass is 10.2. The molecule has 0 bridgehead atoms. The minimum atomic E-state index is 0.840. The van der Waals surface area contributed by atoms with Crippen LogP contribution in [0.3, 0.4) is 0 Å². The van der Waals surface area contributed by atoms with Crippen LogP contribution in [0.2, 0.25) is 0 Å². The van der Waals surface area contributed by atoms with Gasteiger partial charge in [-0.25, -0.2) is 0 Å². The summed E-state index contributed by atoms with van der Waals surface area (Å²) in [4.78, 5) is 1.42. The maximum atomic E-state index is 5.26. The lowest BCUT2D eigenvalue weighted by Crippen LogP contribution is -2.07. The van der Waals surface area contributed by atoms with Crippen LogP contribution >= 0.6 is 11.8 Å². The van der Waals surface area contributed by atoms with Gasteiger partial charge in [0.05, 0.1) is 13.2 Å². The minimum absolute atomic E-state index is 0.840. The van der Waals surface area contributed by atoms with Crippen LogP contribution in [-0.4, -0.2) is 19.5 Å². The highest BCUT2D eigenvalue weighted by atomic mass is 32.2. The van der Waals surface area contributed by atoms with Crippen LogP contribution in [-0.2, 0) is 4.74 Å². The average molecular weight is 144 g/mol. The second-order valence-corrected chi connectivity index (χ2v) is 3.11. The predicted octanol–water partition coefficient (Wildman–Crippen LogP) is 2.04. The molecule has 0 N–H and O–H groups in total. The van der Waals surface area contributed by atoms with E-state index in [0.717, 1.165) is 19.6 Å². The minimum Gasteiger partial charge on any atom is -0.376 e. The number of thioether (sulfide) groups is 1. The number of rotatable bonds is 1. The third kappa shape index (κ3) is 1.73. The third-order valence-electron chi connectivity index (χ3n) is 1.58. The molecule has 9 heavy (non-hydrogen) atoms. The van der Waals surface area contributed by atoms with E-state index < -0.39 is 0 Å². The molecule has 0 aromatic rings. The predicted molar refractivity (Wildman–Crippen MR) is 41.7 cm³/mol. The van der Waals surface area contributed by atoms with E-state index in [1.54, 1.807) is 0 Å². The van der Waals surface area contributed by atoms with E-state index in [1.807, 2.05) is 11.8 Å². The van der Waals surface area contributed by atoms with Gasteiger partial charge in [-0.15, -0.1) is 11.8 Å². The van der Waals surface area contributed by atoms with Gasteiger partial charge in [-0.1, -0.05) is 5.57 Å². The van der Waals surface area contributed by atoms with Crippen molar-refractivity contribution in [2.24, 2.45) is 0 Å². The Morgan fingerprint density at radius 2 is 2.33 bits per heavy atom. The molecule has 0 aromatic carbocycles. The molecule has 0 aliphatic carbocycles. The quantitative estimate of drug-likeness (QED) is 0.557. The van der Waals surface area contributed by atoms with Gasteiger partial charge in [0.25, 0.3) is 0 Å². The summed E-state index contributed by atoms with van der Waals surface area (Å²) in [6.07, 6.45) is 3.23. The monoisotopic (exact) mass is 144 g/mol. The Kier molecular flexibility index (Phi) is 2.61. The molecule has 1 rings (SSSR count). The zero-order chi connectivity index (χ0) is 6.69. The zero-order valence-corrected chi connectivity index (χ0v) is 6.75. The Morgan fingerprint density at radius 3 is 2.78 bits per heavy atom. The second-order valence-electron chi connectivity index (χ2n) is 2.21. The Morgan fingerprint density at radius 1 is 1.56 bits per heavy atom. The number of hydrogen-bond acceptors (Lipinski definition) is 2. The summed E-state index contributed by atoms with van der Waals surface area (Å²) in [5.74, 6) is 0. The van der Waals surface area contributed by atoms with E-state index >= 15 is 0 Å². The molecule has 0 fully saturated rings. The molecule has 0 aromatic heterocycles. The van der Waals surface area contributed by atoms with Crippen LogP contribution in [0.15, 0.2) is 10.5 Å². The van der Waals surface area contributed by atoms with Crippen molar-refractivity contribution in [1.82, 2.24) is 0 Å². The first-order valence-corrected chi connectivity index (χ1v) is 4.37. The maximum absolute atomic E-state index is 5.26. The van der Waals surface area contributed by atoms with Gasteiger partial charge in [0.1, 0.15) is 0 Å². The highest BCUT2D eigenvalue weighted by Gasteiger charge is 2.06. The Bertz CT molecular complexity index is 129. The summed E-state index contributed by atoms with van der Waals surface area (Å²) < 4.78 is 5.26. The van der Waals surface area contributed by atoms with E-state index in [1.165, 1.54) is 10.5 Å². The lowest BCUT2D eigenvalue weighted by Gasteiger charge is -2.15. The molecule has 0 radical (unpaired) electrons. The molecule has 0 saturated carbocycles. The van der Waals surface area contributed by atoms with Crippen LogP contribution in [0.4, 0.5) is 0 Å². The molecule has 1 nitrogen and oxygen atoms in total. The molecule has 0 amide bonds. The van der Waals surface area contributed by atoms with Crippen LogP contribution in [0.5, 0.6) is 0 Å². The molecule has 0 atom stereocenters. The summed E-state index contributed by atoms with van der Waals surface area (Å²) in [7, 11) is 0. The van der Waals surface area contributed by atoms with Crippen LogP contribution in [0, 0.1) is 0 Å². The van der Waals surface area contributed by atoms with Crippen molar-refractivity contribution in [2.45, 2.75) is 13.3 Å². The topological polar surface area (TPSA) is 9.23 Å². The summed E-state index contributed by atoms with van der Waals surface area (Å²) in [6.45, 7) is 3.94. The molecule has 1 aliphatic heterocycles. The van der Waals surface area contributed by atoms with Gasteiger partial charge in [-0.05, 0) is 19.6 Å². The third-order valence-corrected chi connectivity index (χ3v) is 2.54. The first-order valence-electron chi connectivity index (χ1n) is 3.15. The Balaban J connectivity index is 2.59. The molecule has 2 heteroatoms. The van der Waals surface area contributed by atoms with Crippen molar-refractivity contribution in [3.05, 3.63) is 10.5 Å². The van der Waals surface area contributed by atoms with Crippen molar-refractivity contribution in [3.63, 3.8) is 0 Å². The van der Waals surface area contributed by atoms with Gasteiger partial charge >= 0.3 is 0 Å². The SMILES string of the molecule is CSC1=C(C)CCOC1. The fourth-order valence-electron chi connectivity index (χ4n) is 0.886. The summed E-state index contributed by atoms with van der Waals surface area (Å²) in [5.41, 5.74) is 1.51. The van der Waals surface area contributed by atoms with E-state index in [0.29, 0.717) is 0 Å². The van der Waals surface area contributed by atoms with Gasteiger partial charge in [0, 0.05) is 4.91 Å². The molecular formula is C7H12OS. The van der Waals surface area contributed by atoms with Crippen molar-refractivity contribution in [3.8, 4) is 0 Å². The van der Waals surface area contributed by atoms with Crippen molar-refractivity contribution in [2.75, 3.05) is 19.5 Å². The van der Waals surface area contributed by atoms with Crippen LogP contribution < -0.4 is 0 Å². The first-order chi connectivity index (χ1) is 4.34. The summed E-state index contributed by atoms with van der Waals surface area (Å²) in [6, 6.07) is 0. The number of ether oxygens (including phenoxy) is 1. The van der Waals surface area contributed by atoms with Crippen LogP contribution in [0.25, 0.3) is 0 Å². The lowest BCUT2D eigenvalue weighted by molar-refractivity contribution is 0.152. The second kappa shape index (κ2) is 3.28. The molecule has 0 saturated heterocycles. The van der Waals surface area contributed by atoms with E-state index in [-0.39, 0.29) is 0 Å². The Hall–Kier alpha value is 0.0500. The van der Waals surface area contributed by atoms with Gasteiger partial charge in [0.2, 0.25) is 0 Å². The van der Waals surface area contributed by atoms with Gasteiger partial charge < -0.3 is 4.74 Å². The normalized spacial score (nSPS) is 20.7. The maximum Gasteiger partial charge on any atom is 0.0774 e. The first kappa shape index (κ1) is 7.16. The summed E-state index contributed by atoms with van der Waals surface area (Å²) >= 11 is 1.81. The standard InChI is InChI=1S/C7H12OS/c1-6-3-4-8-5-7(6)9-2/h3-5H2,1-2H3. The molecule has 0 spiro atoms. The van der Waals surface area contributed by atoms with E-state index in [4.69, 9.17) is 4.74 Å². The molecule has 1 heterocycles. The average Bonchev–Trinajstić information content (AvgIpc) is 1.89. The smallest absolute Gasteiger partial charge is 0.0774 e. The largest absolute Gasteiger partial charge is 0.376 e.